The fourth-order valence-electron chi connectivity index (χ4n) is 3.82. The molecule has 3 aromatic rings. The van der Waals surface area contributed by atoms with Gasteiger partial charge in [-0.15, -0.1) is 0 Å². The van der Waals surface area contributed by atoms with Crippen LogP contribution in [0.2, 0.25) is 0 Å². The first kappa shape index (κ1) is 16.6. The molecular formula is C23H23NO2. The summed E-state index contributed by atoms with van der Waals surface area (Å²) in [4.78, 5) is 12.3. The van der Waals surface area contributed by atoms with Gasteiger partial charge in [-0.25, -0.2) is 4.79 Å². The molecule has 26 heavy (non-hydrogen) atoms. The molecule has 0 heterocycles. The molecule has 0 aromatic heterocycles. The van der Waals surface area contributed by atoms with Crippen molar-refractivity contribution in [3.8, 4) is 5.75 Å². The molecule has 0 atom stereocenters. The molecular weight excluding hydrogens is 322 g/mol. The molecule has 0 aliphatic heterocycles. The molecule has 0 bridgehead atoms. The van der Waals surface area contributed by atoms with Crippen LogP contribution in [0.15, 0.2) is 66.7 Å². The third-order valence-electron chi connectivity index (χ3n) is 5.19. The Kier molecular flexibility index (Phi) is 4.87. The van der Waals surface area contributed by atoms with E-state index in [4.69, 9.17) is 4.74 Å². The standard InChI is InChI=1S/C23H23NO2/c25-23(24-22-12-6-10-19-9-4-5-11-21(19)22)26-20-15-13-18(14-16-20)17-7-2-1-3-8-17/h4-6,9-17H,1-3,7-8H2,(H,24,25). The van der Waals surface area contributed by atoms with Crippen molar-refractivity contribution in [2.75, 3.05) is 5.32 Å². The SMILES string of the molecule is O=C(Nc1cccc2ccccc12)Oc1ccc(C2CCCCC2)cc1. The zero-order valence-corrected chi connectivity index (χ0v) is 14.8. The predicted octanol–water partition coefficient (Wildman–Crippen LogP) is 6.50. The molecule has 4 rings (SSSR count). The lowest BCUT2D eigenvalue weighted by molar-refractivity contribution is 0.215. The molecule has 0 saturated heterocycles. The number of fused-ring (bicyclic) bond motifs is 1. The second kappa shape index (κ2) is 7.61. The van der Waals surface area contributed by atoms with Crippen molar-refractivity contribution in [1.82, 2.24) is 0 Å². The molecule has 1 aliphatic carbocycles. The summed E-state index contributed by atoms with van der Waals surface area (Å²) in [6, 6.07) is 21.8. The molecule has 1 N–H and O–H groups in total. The highest BCUT2D eigenvalue weighted by atomic mass is 16.6. The van der Waals surface area contributed by atoms with E-state index in [0.717, 1.165) is 16.5 Å². The maximum Gasteiger partial charge on any atom is 0.417 e. The van der Waals surface area contributed by atoms with Crippen molar-refractivity contribution in [2.45, 2.75) is 38.0 Å². The van der Waals surface area contributed by atoms with Gasteiger partial charge in [-0.2, -0.15) is 0 Å². The van der Waals surface area contributed by atoms with Crippen LogP contribution >= 0.6 is 0 Å². The van der Waals surface area contributed by atoms with Gasteiger partial charge >= 0.3 is 6.09 Å². The van der Waals surface area contributed by atoms with Gasteiger partial charge in [0, 0.05) is 5.39 Å². The van der Waals surface area contributed by atoms with E-state index in [-0.39, 0.29) is 0 Å². The number of ether oxygens (including phenoxy) is 1. The molecule has 3 nitrogen and oxygen atoms in total. The maximum absolute atomic E-state index is 12.3. The number of carbonyl (C=O) groups is 1. The number of rotatable bonds is 3. The third kappa shape index (κ3) is 3.72. The Hall–Kier alpha value is -2.81. The molecule has 1 amide bonds. The fourth-order valence-corrected chi connectivity index (χ4v) is 3.82. The lowest BCUT2D eigenvalue weighted by atomic mass is 9.84. The van der Waals surface area contributed by atoms with E-state index in [1.165, 1.54) is 37.7 Å². The van der Waals surface area contributed by atoms with Gasteiger partial charge in [-0.3, -0.25) is 5.32 Å². The van der Waals surface area contributed by atoms with E-state index in [9.17, 15) is 4.79 Å². The normalized spacial score (nSPS) is 14.9. The highest BCUT2D eigenvalue weighted by Crippen LogP contribution is 2.33. The van der Waals surface area contributed by atoms with Crippen molar-refractivity contribution in [3.05, 3.63) is 72.3 Å². The lowest BCUT2D eigenvalue weighted by Crippen LogP contribution is -2.17. The Balaban J connectivity index is 1.43. The zero-order chi connectivity index (χ0) is 17.8. The number of anilines is 1. The van der Waals surface area contributed by atoms with Gasteiger partial charge in [0.25, 0.3) is 0 Å². The topological polar surface area (TPSA) is 38.3 Å². The van der Waals surface area contributed by atoms with Crippen LogP contribution in [0.25, 0.3) is 10.8 Å². The zero-order valence-electron chi connectivity index (χ0n) is 14.8. The Labute approximate surface area is 154 Å². The van der Waals surface area contributed by atoms with Gasteiger partial charge in [0.15, 0.2) is 0 Å². The van der Waals surface area contributed by atoms with Gasteiger partial charge in [0.05, 0.1) is 5.69 Å². The predicted molar refractivity (Wildman–Crippen MR) is 106 cm³/mol. The summed E-state index contributed by atoms with van der Waals surface area (Å²) < 4.78 is 5.46. The van der Waals surface area contributed by atoms with Crippen molar-refractivity contribution in [2.24, 2.45) is 0 Å². The summed E-state index contributed by atoms with van der Waals surface area (Å²) >= 11 is 0. The van der Waals surface area contributed by atoms with Crippen LogP contribution in [0.1, 0.15) is 43.6 Å². The number of amides is 1. The second-order valence-corrected chi connectivity index (χ2v) is 6.95. The van der Waals surface area contributed by atoms with E-state index in [1.807, 2.05) is 54.6 Å². The number of benzene rings is 3. The minimum Gasteiger partial charge on any atom is -0.410 e. The van der Waals surface area contributed by atoms with Crippen LogP contribution in [0, 0.1) is 0 Å². The fraction of sp³-hybridized carbons (Fsp3) is 0.261. The van der Waals surface area contributed by atoms with Crippen LogP contribution in [-0.4, -0.2) is 6.09 Å². The molecule has 3 aromatic carbocycles. The molecule has 0 spiro atoms. The van der Waals surface area contributed by atoms with Crippen LogP contribution in [0.4, 0.5) is 10.5 Å². The first-order valence-corrected chi connectivity index (χ1v) is 9.36. The summed E-state index contributed by atoms with van der Waals surface area (Å²) in [5.41, 5.74) is 2.11. The minimum absolute atomic E-state index is 0.466. The smallest absolute Gasteiger partial charge is 0.410 e. The van der Waals surface area contributed by atoms with Gasteiger partial charge < -0.3 is 4.74 Å². The van der Waals surface area contributed by atoms with Crippen LogP contribution in [0.5, 0.6) is 5.75 Å². The van der Waals surface area contributed by atoms with Gasteiger partial charge in [-0.1, -0.05) is 67.8 Å². The molecule has 132 valence electrons. The van der Waals surface area contributed by atoms with Gasteiger partial charge in [0.2, 0.25) is 0 Å². The first-order chi connectivity index (χ1) is 12.8. The van der Waals surface area contributed by atoms with Crippen LogP contribution in [-0.2, 0) is 0 Å². The van der Waals surface area contributed by atoms with E-state index in [1.54, 1.807) is 0 Å². The quantitative estimate of drug-likeness (QED) is 0.588. The maximum atomic E-state index is 12.3. The van der Waals surface area contributed by atoms with E-state index in [0.29, 0.717) is 11.7 Å². The van der Waals surface area contributed by atoms with Crippen LogP contribution in [0.3, 0.4) is 0 Å². The van der Waals surface area contributed by atoms with E-state index in [2.05, 4.69) is 17.4 Å². The summed E-state index contributed by atoms with van der Waals surface area (Å²) in [5.74, 6) is 1.23. The Morgan fingerprint density at radius 3 is 2.38 bits per heavy atom. The highest BCUT2D eigenvalue weighted by molar-refractivity contribution is 6.00. The molecule has 1 fully saturated rings. The summed E-state index contributed by atoms with van der Waals surface area (Å²) in [7, 11) is 0. The monoisotopic (exact) mass is 345 g/mol. The third-order valence-corrected chi connectivity index (χ3v) is 5.19. The molecule has 0 unspecified atom stereocenters. The molecule has 3 heteroatoms. The van der Waals surface area contributed by atoms with Crippen molar-refractivity contribution >= 4 is 22.6 Å². The number of hydrogen-bond acceptors (Lipinski definition) is 2. The minimum atomic E-state index is -0.466. The Morgan fingerprint density at radius 1 is 0.846 bits per heavy atom. The highest BCUT2D eigenvalue weighted by Gasteiger charge is 2.15. The van der Waals surface area contributed by atoms with Crippen molar-refractivity contribution in [1.29, 1.82) is 0 Å². The summed E-state index contributed by atoms with van der Waals surface area (Å²) in [5, 5.41) is 4.94. The van der Waals surface area contributed by atoms with Crippen molar-refractivity contribution in [3.63, 3.8) is 0 Å². The first-order valence-electron chi connectivity index (χ1n) is 9.36. The summed E-state index contributed by atoms with van der Waals surface area (Å²) in [6.07, 6.45) is 6.05. The number of nitrogens with one attached hydrogen (secondary N) is 1. The molecule has 0 radical (unpaired) electrons. The van der Waals surface area contributed by atoms with E-state index >= 15 is 0 Å². The van der Waals surface area contributed by atoms with Gasteiger partial charge in [-0.05, 0) is 47.9 Å². The number of carbonyl (C=O) groups excluding carboxylic acids is 1. The second-order valence-electron chi connectivity index (χ2n) is 6.95. The lowest BCUT2D eigenvalue weighted by Gasteiger charge is -2.22. The van der Waals surface area contributed by atoms with E-state index < -0.39 is 6.09 Å². The van der Waals surface area contributed by atoms with Gasteiger partial charge in [0.1, 0.15) is 5.75 Å². The average Bonchev–Trinajstić information content (AvgIpc) is 2.69. The van der Waals surface area contributed by atoms with Crippen molar-refractivity contribution < 1.29 is 9.53 Å². The Morgan fingerprint density at radius 2 is 1.58 bits per heavy atom. The molecule has 1 aliphatic rings. The average molecular weight is 345 g/mol. The Bertz CT molecular complexity index is 890. The van der Waals surface area contributed by atoms with Crippen LogP contribution < -0.4 is 10.1 Å². The molecule has 1 saturated carbocycles. The largest absolute Gasteiger partial charge is 0.417 e. The summed E-state index contributed by atoms with van der Waals surface area (Å²) in [6.45, 7) is 0. The number of hydrogen-bond donors (Lipinski definition) is 1.